The molecule has 3 aromatic heterocycles. The molecular formula is C24H24FN7O2. The summed E-state index contributed by atoms with van der Waals surface area (Å²) in [5.74, 6) is -0.880. The Balaban J connectivity index is 1.31. The summed E-state index contributed by atoms with van der Waals surface area (Å²) in [6.07, 6.45) is 6.57. The molecule has 0 radical (unpaired) electrons. The van der Waals surface area contributed by atoms with Gasteiger partial charge in [0.1, 0.15) is 11.0 Å². The zero-order valence-electron chi connectivity index (χ0n) is 18.7. The quantitative estimate of drug-likeness (QED) is 0.502. The highest BCUT2D eigenvalue weighted by Gasteiger charge is 2.31. The van der Waals surface area contributed by atoms with Crippen LogP contribution in [0.4, 0.5) is 15.8 Å². The van der Waals surface area contributed by atoms with Gasteiger partial charge in [0.25, 0.3) is 5.91 Å². The van der Waals surface area contributed by atoms with Crippen LogP contribution in [0.3, 0.4) is 0 Å². The molecule has 0 aliphatic carbocycles. The number of ether oxygens (including phenoxy) is 1. The van der Waals surface area contributed by atoms with E-state index < -0.39 is 5.82 Å². The van der Waals surface area contributed by atoms with E-state index in [1.54, 1.807) is 42.2 Å². The first-order valence-corrected chi connectivity index (χ1v) is 11.3. The number of pyridine rings is 1. The van der Waals surface area contributed by atoms with Gasteiger partial charge in [0.05, 0.1) is 41.9 Å². The van der Waals surface area contributed by atoms with Crippen molar-refractivity contribution in [2.75, 3.05) is 49.6 Å². The Morgan fingerprint density at radius 1 is 1.15 bits per heavy atom. The molecule has 2 saturated heterocycles. The summed E-state index contributed by atoms with van der Waals surface area (Å²) in [5, 5.41) is 2.80. The number of carbonyl (C=O) groups is 1. The fourth-order valence-corrected chi connectivity index (χ4v) is 4.89. The SMILES string of the molecule is Cc1cn2cc(NC(=O)c3ccc(N4CCN5CCOC[C@@H]5C4)c4nccnc34)cc(F)c2n1. The molecule has 1 aromatic carbocycles. The third-order valence-corrected chi connectivity index (χ3v) is 6.51. The molecule has 4 aromatic rings. The highest BCUT2D eigenvalue weighted by atomic mass is 19.1. The Morgan fingerprint density at radius 2 is 2.00 bits per heavy atom. The predicted octanol–water partition coefficient (Wildman–Crippen LogP) is 2.50. The molecule has 5 heterocycles. The van der Waals surface area contributed by atoms with Crippen LogP contribution < -0.4 is 10.2 Å². The Bertz CT molecular complexity index is 1410. The molecule has 2 fully saturated rings. The number of carbonyl (C=O) groups excluding carboxylic acids is 1. The second kappa shape index (κ2) is 8.30. The van der Waals surface area contributed by atoms with E-state index in [1.165, 1.54) is 6.07 Å². The second-order valence-corrected chi connectivity index (χ2v) is 8.74. The Hall–Kier alpha value is -3.63. The molecule has 1 atom stereocenters. The normalized spacial score (nSPS) is 18.9. The lowest BCUT2D eigenvalue weighted by Gasteiger charge is -2.44. The number of aryl methyl sites for hydroxylation is 1. The average molecular weight is 462 g/mol. The van der Waals surface area contributed by atoms with Crippen LogP contribution in [0.25, 0.3) is 16.7 Å². The maximum Gasteiger partial charge on any atom is 0.257 e. The maximum absolute atomic E-state index is 14.5. The summed E-state index contributed by atoms with van der Waals surface area (Å²) in [4.78, 5) is 31.1. The summed E-state index contributed by atoms with van der Waals surface area (Å²) >= 11 is 0. The van der Waals surface area contributed by atoms with E-state index in [2.05, 4.69) is 30.1 Å². The lowest BCUT2D eigenvalue weighted by atomic mass is 10.1. The number of hydrogen-bond donors (Lipinski definition) is 1. The summed E-state index contributed by atoms with van der Waals surface area (Å²) in [7, 11) is 0. The monoisotopic (exact) mass is 461 g/mol. The van der Waals surface area contributed by atoms with Crippen LogP contribution in [0.1, 0.15) is 16.1 Å². The summed E-state index contributed by atoms with van der Waals surface area (Å²) in [5.41, 5.74) is 3.77. The number of anilines is 2. The lowest BCUT2D eigenvalue weighted by molar-refractivity contribution is -0.0116. The highest BCUT2D eigenvalue weighted by molar-refractivity contribution is 6.13. The first-order chi connectivity index (χ1) is 16.6. The third kappa shape index (κ3) is 3.64. The molecule has 174 valence electrons. The van der Waals surface area contributed by atoms with Crippen LogP contribution in [0.15, 0.2) is 43.0 Å². The Morgan fingerprint density at radius 3 is 2.88 bits per heavy atom. The smallest absolute Gasteiger partial charge is 0.257 e. The summed E-state index contributed by atoms with van der Waals surface area (Å²) in [6.45, 7) is 6.92. The van der Waals surface area contributed by atoms with Crippen molar-refractivity contribution in [3.63, 3.8) is 0 Å². The van der Waals surface area contributed by atoms with E-state index in [9.17, 15) is 9.18 Å². The number of amides is 1. The second-order valence-electron chi connectivity index (χ2n) is 8.74. The molecule has 0 spiro atoms. The largest absolute Gasteiger partial charge is 0.378 e. The molecule has 0 bridgehead atoms. The van der Waals surface area contributed by atoms with Crippen LogP contribution in [0, 0.1) is 12.7 Å². The number of fused-ring (bicyclic) bond motifs is 3. The van der Waals surface area contributed by atoms with Gasteiger partial charge in [-0.2, -0.15) is 0 Å². The fraction of sp³-hybridized carbons (Fsp3) is 0.333. The zero-order chi connectivity index (χ0) is 23.2. The Labute approximate surface area is 195 Å². The van der Waals surface area contributed by atoms with Gasteiger partial charge in [-0.25, -0.2) is 9.37 Å². The van der Waals surface area contributed by atoms with E-state index in [0.717, 1.165) is 45.1 Å². The number of nitrogens with one attached hydrogen (secondary N) is 1. The van der Waals surface area contributed by atoms with Gasteiger partial charge in [0.2, 0.25) is 0 Å². The van der Waals surface area contributed by atoms with Crippen LogP contribution in [-0.4, -0.2) is 75.6 Å². The summed E-state index contributed by atoms with van der Waals surface area (Å²) in [6, 6.07) is 5.30. The molecule has 2 aliphatic heterocycles. The van der Waals surface area contributed by atoms with Crippen molar-refractivity contribution >= 4 is 34.0 Å². The topological polar surface area (TPSA) is 87.9 Å². The van der Waals surface area contributed by atoms with Crippen molar-refractivity contribution in [1.29, 1.82) is 0 Å². The molecule has 10 heteroatoms. The van der Waals surface area contributed by atoms with Crippen molar-refractivity contribution in [2.45, 2.75) is 13.0 Å². The van der Waals surface area contributed by atoms with Gasteiger partial charge in [0, 0.05) is 57.0 Å². The minimum absolute atomic E-state index is 0.222. The third-order valence-electron chi connectivity index (χ3n) is 6.51. The van der Waals surface area contributed by atoms with Crippen molar-refractivity contribution < 1.29 is 13.9 Å². The van der Waals surface area contributed by atoms with Gasteiger partial charge in [0.15, 0.2) is 11.5 Å². The maximum atomic E-state index is 14.5. The number of hydrogen-bond acceptors (Lipinski definition) is 7. The van der Waals surface area contributed by atoms with Crippen molar-refractivity contribution in [2.24, 2.45) is 0 Å². The van der Waals surface area contributed by atoms with Gasteiger partial charge < -0.3 is 19.4 Å². The van der Waals surface area contributed by atoms with Crippen molar-refractivity contribution in [3.05, 3.63) is 60.1 Å². The van der Waals surface area contributed by atoms with Crippen LogP contribution in [0.2, 0.25) is 0 Å². The van der Waals surface area contributed by atoms with Crippen LogP contribution >= 0.6 is 0 Å². The molecule has 0 unspecified atom stereocenters. The number of rotatable bonds is 3. The summed E-state index contributed by atoms with van der Waals surface area (Å²) < 4.78 is 21.7. The first kappa shape index (κ1) is 20.9. The first-order valence-electron chi connectivity index (χ1n) is 11.3. The predicted molar refractivity (Wildman–Crippen MR) is 126 cm³/mol. The molecule has 9 nitrogen and oxygen atoms in total. The highest BCUT2D eigenvalue weighted by Crippen LogP contribution is 2.29. The molecule has 2 aliphatic rings. The number of benzene rings is 1. The fourth-order valence-electron chi connectivity index (χ4n) is 4.89. The minimum Gasteiger partial charge on any atom is -0.378 e. The number of morpholine rings is 1. The van der Waals surface area contributed by atoms with Crippen LogP contribution in [0.5, 0.6) is 0 Å². The van der Waals surface area contributed by atoms with Gasteiger partial charge in [-0.15, -0.1) is 0 Å². The minimum atomic E-state index is -0.503. The van der Waals surface area contributed by atoms with Gasteiger partial charge in [-0.05, 0) is 19.1 Å². The number of nitrogens with zero attached hydrogens (tertiary/aromatic N) is 6. The van der Waals surface area contributed by atoms with Crippen molar-refractivity contribution in [3.8, 4) is 0 Å². The van der Waals surface area contributed by atoms with Crippen molar-refractivity contribution in [1.82, 2.24) is 24.3 Å². The molecule has 1 N–H and O–H groups in total. The number of halogens is 1. The van der Waals surface area contributed by atoms with E-state index in [4.69, 9.17) is 4.74 Å². The zero-order valence-corrected chi connectivity index (χ0v) is 18.7. The molecule has 0 saturated carbocycles. The molecule has 34 heavy (non-hydrogen) atoms. The Kier molecular flexibility index (Phi) is 5.11. The lowest BCUT2D eigenvalue weighted by Crippen LogP contribution is -2.58. The van der Waals surface area contributed by atoms with E-state index in [0.29, 0.717) is 34.0 Å². The number of imidazole rings is 1. The van der Waals surface area contributed by atoms with Gasteiger partial charge in [-0.1, -0.05) is 0 Å². The van der Waals surface area contributed by atoms with E-state index >= 15 is 0 Å². The van der Waals surface area contributed by atoms with E-state index in [1.807, 2.05) is 6.07 Å². The molecule has 6 rings (SSSR count). The number of aromatic nitrogens is 4. The molecule has 1 amide bonds. The van der Waals surface area contributed by atoms with E-state index in [-0.39, 0.29) is 11.6 Å². The van der Waals surface area contributed by atoms with Gasteiger partial charge in [-0.3, -0.25) is 19.7 Å². The van der Waals surface area contributed by atoms with Crippen LogP contribution in [-0.2, 0) is 4.74 Å². The van der Waals surface area contributed by atoms with Gasteiger partial charge >= 0.3 is 0 Å². The molecular weight excluding hydrogens is 437 g/mol. The standard InChI is InChI=1S/C24H24FN7O2/c1-15-11-32-12-16(10-19(25)23(32)28-15)29-24(33)18-2-3-20(22-21(18)26-4-5-27-22)31-7-6-30-8-9-34-14-17(30)13-31/h2-5,10-12,17H,6-9,13-14H2,1H3,(H,29,33)/t17-/m0/s1. The average Bonchev–Trinajstić information content (AvgIpc) is 3.23. The number of piperazine rings is 1.